The monoisotopic (exact) mass is 407 g/mol. The molecule has 1 atom stereocenters. The molecule has 28 heavy (non-hydrogen) atoms. The molecule has 2 heterocycles. The maximum absolute atomic E-state index is 12.7. The fourth-order valence-electron chi connectivity index (χ4n) is 3.97. The van der Waals surface area contributed by atoms with Crippen LogP contribution >= 0.6 is 0 Å². The topological polar surface area (TPSA) is 86.8 Å². The van der Waals surface area contributed by atoms with Gasteiger partial charge in [-0.2, -0.15) is 0 Å². The van der Waals surface area contributed by atoms with Crippen molar-refractivity contribution < 1.29 is 18.0 Å². The molecular weight excluding hydrogens is 378 g/mol. The Balaban J connectivity index is 1.57. The highest BCUT2D eigenvalue weighted by Crippen LogP contribution is 2.29. The second-order valence-corrected chi connectivity index (χ2v) is 9.73. The molecule has 8 heteroatoms. The third kappa shape index (κ3) is 4.38. The van der Waals surface area contributed by atoms with Crippen LogP contribution in [0.4, 0.5) is 5.69 Å². The number of sulfonamides is 1. The minimum atomic E-state index is -3.17. The summed E-state index contributed by atoms with van der Waals surface area (Å²) in [6.07, 6.45) is 2.25. The van der Waals surface area contributed by atoms with Crippen molar-refractivity contribution in [3.63, 3.8) is 0 Å². The van der Waals surface area contributed by atoms with E-state index < -0.39 is 10.0 Å². The number of hydrogen-bond acceptors (Lipinski definition) is 4. The fourth-order valence-corrected chi connectivity index (χ4v) is 5.10. The molecule has 7 nitrogen and oxygen atoms in total. The number of anilines is 1. The Morgan fingerprint density at radius 2 is 1.86 bits per heavy atom. The molecule has 0 spiro atoms. The molecule has 0 radical (unpaired) electrons. The summed E-state index contributed by atoms with van der Waals surface area (Å²) in [4.78, 5) is 26.9. The third-order valence-corrected chi connectivity index (χ3v) is 7.60. The Morgan fingerprint density at radius 1 is 1.18 bits per heavy atom. The molecule has 0 aromatic heterocycles. The minimum Gasteiger partial charge on any atom is -0.353 e. The Labute approximate surface area is 167 Å². The molecule has 154 valence electrons. The first-order valence-electron chi connectivity index (χ1n) is 10.0. The van der Waals surface area contributed by atoms with Gasteiger partial charge in [-0.1, -0.05) is 25.1 Å². The average Bonchev–Trinajstić information content (AvgIpc) is 3.10. The van der Waals surface area contributed by atoms with Gasteiger partial charge < -0.3 is 10.2 Å². The van der Waals surface area contributed by atoms with Gasteiger partial charge in [-0.25, -0.2) is 12.7 Å². The maximum atomic E-state index is 12.7. The fraction of sp³-hybridized carbons (Fsp3) is 0.600. The quantitative estimate of drug-likeness (QED) is 0.775. The highest BCUT2D eigenvalue weighted by Gasteiger charge is 2.37. The van der Waals surface area contributed by atoms with Crippen molar-refractivity contribution in [2.24, 2.45) is 5.92 Å². The zero-order valence-electron chi connectivity index (χ0n) is 16.6. The molecule has 2 saturated heterocycles. The summed E-state index contributed by atoms with van der Waals surface area (Å²) in [5.41, 5.74) is 1.99. The molecule has 2 aliphatic heterocycles. The van der Waals surface area contributed by atoms with Crippen LogP contribution in [0.2, 0.25) is 0 Å². The van der Waals surface area contributed by atoms with Crippen LogP contribution in [0.1, 0.15) is 38.7 Å². The number of rotatable bonds is 6. The number of hydrogen-bond donors (Lipinski definition) is 1. The highest BCUT2D eigenvalue weighted by molar-refractivity contribution is 7.89. The number of aryl methyl sites for hydroxylation is 1. The smallest absolute Gasteiger partial charge is 0.227 e. The van der Waals surface area contributed by atoms with Crippen molar-refractivity contribution in [2.75, 3.05) is 30.3 Å². The lowest BCUT2D eigenvalue weighted by Gasteiger charge is -2.31. The first-order chi connectivity index (χ1) is 13.4. The van der Waals surface area contributed by atoms with Crippen LogP contribution in [0.3, 0.4) is 0 Å². The van der Waals surface area contributed by atoms with E-state index in [4.69, 9.17) is 0 Å². The Morgan fingerprint density at radius 3 is 2.50 bits per heavy atom. The summed E-state index contributed by atoms with van der Waals surface area (Å²) in [5.74, 6) is -0.398. The molecule has 1 N–H and O–H groups in total. The first-order valence-corrected chi connectivity index (χ1v) is 11.6. The Bertz CT molecular complexity index is 832. The van der Waals surface area contributed by atoms with E-state index in [0.29, 0.717) is 32.5 Å². The summed E-state index contributed by atoms with van der Waals surface area (Å²) in [6.45, 7) is 4.95. The van der Waals surface area contributed by atoms with Gasteiger partial charge in [-0.3, -0.25) is 9.59 Å². The van der Waals surface area contributed by atoms with Crippen LogP contribution in [0.5, 0.6) is 0 Å². The van der Waals surface area contributed by atoms with Gasteiger partial charge in [-0.15, -0.1) is 0 Å². The number of amides is 2. The van der Waals surface area contributed by atoms with Crippen molar-refractivity contribution in [3.05, 3.63) is 29.8 Å². The van der Waals surface area contributed by atoms with Crippen LogP contribution in [0.25, 0.3) is 0 Å². The summed E-state index contributed by atoms with van der Waals surface area (Å²) in [5, 5.41) is 3.03. The Kier molecular flexibility index (Phi) is 6.40. The van der Waals surface area contributed by atoms with E-state index in [2.05, 4.69) is 12.2 Å². The standard InChI is InChI=1S/C20H29N3O4S/c1-3-15-7-5-6-8-18(15)23-14-16(13-19(23)24)20(25)21-17-9-11-22(12-10-17)28(26,27)4-2/h5-8,16-17H,3-4,9-14H2,1-2H3,(H,21,25)/t16-/m0/s1. The predicted molar refractivity (Wildman–Crippen MR) is 108 cm³/mol. The molecule has 1 aromatic carbocycles. The summed E-state index contributed by atoms with van der Waals surface area (Å²) < 4.78 is 25.4. The normalized spacial score (nSPS) is 21.9. The van der Waals surface area contributed by atoms with Crippen LogP contribution in [0, 0.1) is 5.92 Å². The van der Waals surface area contributed by atoms with Gasteiger partial charge >= 0.3 is 0 Å². The van der Waals surface area contributed by atoms with Crippen LogP contribution < -0.4 is 10.2 Å². The molecule has 2 amide bonds. The molecule has 2 fully saturated rings. The second kappa shape index (κ2) is 8.61. The van der Waals surface area contributed by atoms with Gasteiger partial charge in [0, 0.05) is 37.8 Å². The Hall–Kier alpha value is -1.93. The van der Waals surface area contributed by atoms with E-state index in [9.17, 15) is 18.0 Å². The zero-order chi connectivity index (χ0) is 20.3. The largest absolute Gasteiger partial charge is 0.353 e. The van der Waals surface area contributed by atoms with Crippen LogP contribution in [-0.2, 0) is 26.0 Å². The van der Waals surface area contributed by atoms with Crippen LogP contribution in [0.15, 0.2) is 24.3 Å². The number of para-hydroxylation sites is 1. The van der Waals surface area contributed by atoms with Crippen molar-refractivity contribution in [3.8, 4) is 0 Å². The van der Waals surface area contributed by atoms with E-state index >= 15 is 0 Å². The molecule has 0 unspecified atom stereocenters. The van der Waals surface area contributed by atoms with Crippen molar-refractivity contribution >= 4 is 27.5 Å². The number of benzene rings is 1. The van der Waals surface area contributed by atoms with E-state index in [-0.39, 0.29) is 35.9 Å². The van der Waals surface area contributed by atoms with E-state index in [1.807, 2.05) is 24.3 Å². The maximum Gasteiger partial charge on any atom is 0.227 e. The minimum absolute atomic E-state index is 0.0232. The van der Waals surface area contributed by atoms with Gasteiger partial charge in [0.05, 0.1) is 11.7 Å². The van der Waals surface area contributed by atoms with E-state index in [1.54, 1.807) is 11.8 Å². The van der Waals surface area contributed by atoms with Crippen molar-refractivity contribution in [2.45, 2.75) is 45.6 Å². The lowest BCUT2D eigenvalue weighted by atomic mass is 10.0. The van der Waals surface area contributed by atoms with Gasteiger partial charge in [0.1, 0.15) is 0 Å². The number of piperidine rings is 1. The van der Waals surface area contributed by atoms with Gasteiger partial charge in [-0.05, 0) is 37.8 Å². The second-order valence-electron chi connectivity index (χ2n) is 7.47. The van der Waals surface area contributed by atoms with Gasteiger partial charge in [0.25, 0.3) is 0 Å². The molecule has 0 saturated carbocycles. The molecule has 1 aromatic rings. The molecule has 2 aliphatic rings. The third-order valence-electron chi connectivity index (χ3n) is 5.72. The lowest BCUT2D eigenvalue weighted by molar-refractivity contribution is -0.127. The molecule has 3 rings (SSSR count). The number of carbonyl (C=O) groups is 2. The number of carbonyl (C=O) groups excluding carboxylic acids is 2. The summed E-state index contributed by atoms with van der Waals surface area (Å²) >= 11 is 0. The predicted octanol–water partition coefficient (Wildman–Crippen LogP) is 1.53. The number of nitrogens with one attached hydrogen (secondary N) is 1. The highest BCUT2D eigenvalue weighted by atomic mass is 32.2. The average molecular weight is 408 g/mol. The van der Waals surface area contributed by atoms with Crippen molar-refractivity contribution in [1.82, 2.24) is 9.62 Å². The van der Waals surface area contributed by atoms with Gasteiger partial charge in [0.2, 0.25) is 21.8 Å². The molecule has 0 bridgehead atoms. The van der Waals surface area contributed by atoms with E-state index in [0.717, 1.165) is 17.7 Å². The summed E-state index contributed by atoms with van der Waals surface area (Å²) in [7, 11) is -3.17. The molecule has 0 aliphatic carbocycles. The molecular formula is C20H29N3O4S. The lowest BCUT2D eigenvalue weighted by Crippen LogP contribution is -2.48. The first kappa shape index (κ1) is 20.8. The van der Waals surface area contributed by atoms with Gasteiger partial charge in [0.15, 0.2) is 0 Å². The SMILES string of the molecule is CCc1ccccc1N1C[C@@H](C(=O)NC2CCN(S(=O)(=O)CC)CC2)CC1=O. The number of nitrogens with zero attached hydrogens (tertiary/aromatic N) is 2. The van der Waals surface area contributed by atoms with Crippen LogP contribution in [-0.4, -0.2) is 56.0 Å². The summed E-state index contributed by atoms with van der Waals surface area (Å²) in [6, 6.07) is 7.77. The zero-order valence-corrected chi connectivity index (χ0v) is 17.4. The van der Waals surface area contributed by atoms with E-state index in [1.165, 1.54) is 4.31 Å². The van der Waals surface area contributed by atoms with Crippen molar-refractivity contribution in [1.29, 1.82) is 0 Å².